The Kier molecular flexibility index (Phi) is 5.17. The van der Waals surface area contributed by atoms with Crippen molar-refractivity contribution < 1.29 is 0 Å². The van der Waals surface area contributed by atoms with Crippen LogP contribution < -0.4 is 15.5 Å². The van der Waals surface area contributed by atoms with Crippen molar-refractivity contribution in [1.82, 2.24) is 10.3 Å². The molecule has 20 heavy (non-hydrogen) atoms. The minimum Gasteiger partial charge on any atom is -0.360 e. The second-order valence-corrected chi connectivity index (χ2v) is 6.26. The third-order valence-electron chi connectivity index (χ3n) is 3.41. The lowest BCUT2D eigenvalue weighted by Crippen LogP contribution is -2.35. The van der Waals surface area contributed by atoms with Gasteiger partial charge in [0.2, 0.25) is 0 Å². The standard InChI is InChI=1S/C15H24N4S/c1-11(2)17-15(20)18-13-6-7-14(16-9-13)19-8-4-5-12(3)10-19/h6-7,9,11-12H,4-5,8,10H2,1-3H3,(H2,17,18,20)/t12-/m1/s1. The zero-order chi connectivity index (χ0) is 14.5. The quantitative estimate of drug-likeness (QED) is 0.838. The maximum Gasteiger partial charge on any atom is 0.171 e. The summed E-state index contributed by atoms with van der Waals surface area (Å²) in [7, 11) is 0. The van der Waals surface area contributed by atoms with Crippen LogP contribution in [-0.4, -0.2) is 29.2 Å². The van der Waals surface area contributed by atoms with Crippen molar-refractivity contribution >= 4 is 28.8 Å². The summed E-state index contributed by atoms with van der Waals surface area (Å²) in [5.74, 6) is 1.82. The van der Waals surface area contributed by atoms with Gasteiger partial charge in [0.15, 0.2) is 5.11 Å². The highest BCUT2D eigenvalue weighted by molar-refractivity contribution is 7.80. The molecular weight excluding hydrogens is 268 g/mol. The van der Waals surface area contributed by atoms with Gasteiger partial charge in [0, 0.05) is 19.1 Å². The van der Waals surface area contributed by atoms with Crippen LogP contribution in [0.3, 0.4) is 0 Å². The fraction of sp³-hybridized carbons (Fsp3) is 0.600. The van der Waals surface area contributed by atoms with Crippen LogP contribution in [0.5, 0.6) is 0 Å². The molecule has 2 rings (SSSR count). The summed E-state index contributed by atoms with van der Waals surface area (Å²) in [5, 5.41) is 6.95. The molecule has 1 aromatic rings. The van der Waals surface area contributed by atoms with E-state index in [9.17, 15) is 0 Å². The van der Waals surface area contributed by atoms with Gasteiger partial charge in [0.25, 0.3) is 0 Å². The predicted octanol–water partition coefficient (Wildman–Crippen LogP) is 3.01. The van der Waals surface area contributed by atoms with E-state index in [0.717, 1.165) is 30.5 Å². The third kappa shape index (κ3) is 4.34. The average Bonchev–Trinajstić information content (AvgIpc) is 2.38. The Morgan fingerprint density at radius 3 is 2.85 bits per heavy atom. The van der Waals surface area contributed by atoms with Crippen molar-refractivity contribution in [3.63, 3.8) is 0 Å². The van der Waals surface area contributed by atoms with Gasteiger partial charge in [-0.3, -0.25) is 0 Å². The van der Waals surface area contributed by atoms with Gasteiger partial charge in [0.1, 0.15) is 5.82 Å². The molecule has 0 spiro atoms. The second-order valence-electron chi connectivity index (χ2n) is 5.85. The first-order valence-corrected chi connectivity index (χ1v) is 7.74. The molecule has 1 aromatic heterocycles. The highest BCUT2D eigenvalue weighted by atomic mass is 32.1. The SMILES string of the molecule is CC(C)NC(=S)Nc1ccc(N2CCC[C@@H](C)C2)nc1. The van der Waals surface area contributed by atoms with E-state index in [-0.39, 0.29) is 0 Å². The van der Waals surface area contributed by atoms with Crippen molar-refractivity contribution in [2.45, 2.75) is 39.7 Å². The van der Waals surface area contributed by atoms with E-state index >= 15 is 0 Å². The Balaban J connectivity index is 1.94. The summed E-state index contributed by atoms with van der Waals surface area (Å²) in [4.78, 5) is 6.91. The van der Waals surface area contributed by atoms with Crippen molar-refractivity contribution in [3.05, 3.63) is 18.3 Å². The number of aromatic nitrogens is 1. The van der Waals surface area contributed by atoms with Crippen LogP contribution in [-0.2, 0) is 0 Å². The molecule has 2 N–H and O–H groups in total. The molecule has 0 aromatic carbocycles. The molecule has 0 radical (unpaired) electrons. The lowest BCUT2D eigenvalue weighted by Gasteiger charge is -2.31. The molecule has 2 heterocycles. The van der Waals surface area contributed by atoms with Gasteiger partial charge < -0.3 is 15.5 Å². The van der Waals surface area contributed by atoms with Crippen LogP contribution in [0.4, 0.5) is 11.5 Å². The second kappa shape index (κ2) is 6.88. The van der Waals surface area contributed by atoms with Crippen LogP contribution in [0.1, 0.15) is 33.6 Å². The van der Waals surface area contributed by atoms with Crippen LogP contribution in [0, 0.1) is 5.92 Å². The van der Waals surface area contributed by atoms with Gasteiger partial charge in [-0.25, -0.2) is 4.98 Å². The highest BCUT2D eigenvalue weighted by Gasteiger charge is 2.17. The van der Waals surface area contributed by atoms with Gasteiger partial charge in [-0.1, -0.05) is 6.92 Å². The van der Waals surface area contributed by atoms with E-state index in [1.807, 2.05) is 12.3 Å². The summed E-state index contributed by atoms with van der Waals surface area (Å²) in [6.45, 7) is 8.64. The lowest BCUT2D eigenvalue weighted by molar-refractivity contribution is 0.444. The van der Waals surface area contributed by atoms with E-state index in [4.69, 9.17) is 12.2 Å². The van der Waals surface area contributed by atoms with Gasteiger partial charge in [0.05, 0.1) is 11.9 Å². The number of thiocarbonyl (C=S) groups is 1. The molecule has 4 nitrogen and oxygen atoms in total. The molecule has 0 saturated carbocycles. The van der Waals surface area contributed by atoms with Gasteiger partial charge in [-0.05, 0) is 57.0 Å². The number of hydrogen-bond donors (Lipinski definition) is 2. The van der Waals surface area contributed by atoms with E-state index in [1.54, 1.807) is 0 Å². The monoisotopic (exact) mass is 292 g/mol. The number of anilines is 2. The van der Waals surface area contributed by atoms with Crippen LogP contribution >= 0.6 is 12.2 Å². The first kappa shape index (κ1) is 15.0. The topological polar surface area (TPSA) is 40.2 Å². The van der Waals surface area contributed by atoms with Crippen LogP contribution in [0.25, 0.3) is 0 Å². The molecule has 1 saturated heterocycles. The first-order chi connectivity index (χ1) is 9.54. The predicted molar refractivity (Wildman–Crippen MR) is 89.3 cm³/mol. The van der Waals surface area contributed by atoms with Crippen LogP contribution in [0.15, 0.2) is 18.3 Å². The summed E-state index contributed by atoms with van der Waals surface area (Å²) in [6.07, 6.45) is 4.43. The molecule has 0 bridgehead atoms. The molecule has 1 atom stereocenters. The summed E-state index contributed by atoms with van der Waals surface area (Å²) >= 11 is 5.23. The van der Waals surface area contributed by atoms with Gasteiger partial charge in [-0.15, -0.1) is 0 Å². The van der Waals surface area contributed by atoms with Crippen molar-refractivity contribution in [1.29, 1.82) is 0 Å². The molecule has 0 unspecified atom stereocenters. The van der Waals surface area contributed by atoms with E-state index in [0.29, 0.717) is 11.2 Å². The Morgan fingerprint density at radius 1 is 1.45 bits per heavy atom. The normalized spacial score (nSPS) is 19.0. The average molecular weight is 292 g/mol. The third-order valence-corrected chi connectivity index (χ3v) is 3.63. The molecule has 1 aliphatic heterocycles. The van der Waals surface area contributed by atoms with Crippen molar-refractivity contribution in [3.8, 4) is 0 Å². The highest BCUT2D eigenvalue weighted by Crippen LogP contribution is 2.21. The fourth-order valence-electron chi connectivity index (χ4n) is 2.47. The minimum atomic E-state index is 0.331. The smallest absolute Gasteiger partial charge is 0.171 e. The number of nitrogens with zero attached hydrogens (tertiary/aromatic N) is 2. The Bertz CT molecular complexity index is 444. The first-order valence-electron chi connectivity index (χ1n) is 7.33. The molecule has 110 valence electrons. The number of rotatable bonds is 3. The number of piperidine rings is 1. The van der Waals surface area contributed by atoms with Crippen molar-refractivity contribution in [2.75, 3.05) is 23.3 Å². The molecule has 1 fully saturated rings. The molecule has 0 amide bonds. The van der Waals surface area contributed by atoms with E-state index in [2.05, 4.69) is 47.4 Å². The van der Waals surface area contributed by atoms with Crippen molar-refractivity contribution in [2.24, 2.45) is 5.92 Å². The van der Waals surface area contributed by atoms with E-state index < -0.39 is 0 Å². The summed E-state index contributed by atoms with van der Waals surface area (Å²) in [5.41, 5.74) is 0.928. The maximum absolute atomic E-state index is 5.23. The Labute approximate surface area is 127 Å². The largest absolute Gasteiger partial charge is 0.360 e. The maximum atomic E-state index is 5.23. The zero-order valence-electron chi connectivity index (χ0n) is 12.5. The number of pyridine rings is 1. The van der Waals surface area contributed by atoms with Crippen LogP contribution in [0.2, 0.25) is 0 Å². The van der Waals surface area contributed by atoms with Gasteiger partial charge >= 0.3 is 0 Å². The summed E-state index contributed by atoms with van der Waals surface area (Å²) < 4.78 is 0. The molecular formula is C15H24N4S. The Hall–Kier alpha value is -1.36. The lowest BCUT2D eigenvalue weighted by atomic mass is 10.0. The Morgan fingerprint density at radius 2 is 2.25 bits per heavy atom. The fourth-order valence-corrected chi connectivity index (χ4v) is 2.83. The minimum absolute atomic E-state index is 0.331. The molecule has 1 aliphatic rings. The number of hydrogen-bond acceptors (Lipinski definition) is 3. The summed E-state index contributed by atoms with van der Waals surface area (Å²) in [6, 6.07) is 4.44. The number of nitrogens with one attached hydrogen (secondary N) is 2. The molecule has 0 aliphatic carbocycles. The molecule has 5 heteroatoms. The zero-order valence-corrected chi connectivity index (χ0v) is 13.3. The van der Waals surface area contributed by atoms with E-state index in [1.165, 1.54) is 12.8 Å². The van der Waals surface area contributed by atoms with Gasteiger partial charge in [-0.2, -0.15) is 0 Å².